The Balaban J connectivity index is 1.87. The molecule has 0 fully saturated rings. The second-order valence-electron chi connectivity index (χ2n) is 4.42. The molecule has 2 aromatic heterocycles. The summed E-state index contributed by atoms with van der Waals surface area (Å²) < 4.78 is 0. The highest BCUT2D eigenvalue weighted by atomic mass is 15.0. The highest BCUT2D eigenvalue weighted by Crippen LogP contribution is 2.13. The molecule has 0 spiro atoms. The molecule has 3 N–H and O–H groups in total. The molecule has 0 radical (unpaired) electrons. The third-order valence-electron chi connectivity index (χ3n) is 2.82. The van der Waals surface area contributed by atoms with Crippen LogP contribution in [0.15, 0.2) is 12.3 Å². The fourth-order valence-corrected chi connectivity index (χ4v) is 1.93. The van der Waals surface area contributed by atoms with E-state index in [9.17, 15) is 0 Å². The molecule has 0 aromatic carbocycles. The summed E-state index contributed by atoms with van der Waals surface area (Å²) in [7, 11) is 0. The van der Waals surface area contributed by atoms with Crippen LogP contribution in [0.1, 0.15) is 24.7 Å². The number of imidazole rings is 1. The van der Waals surface area contributed by atoms with Gasteiger partial charge < -0.3 is 15.6 Å². The molecule has 0 aliphatic carbocycles. The molecule has 0 saturated heterocycles. The van der Waals surface area contributed by atoms with Gasteiger partial charge in [0.05, 0.1) is 5.52 Å². The zero-order chi connectivity index (χ0) is 12.8. The Morgan fingerprint density at radius 3 is 2.89 bits per heavy atom. The standard InChI is InChI=1S/C13H21N5/c1-3-5-14-7-8-15-9-11-4-6-16-13-12(11)17-10(2)18-13/h4,6,14-15H,3,5,7-9H2,1-2H3,(H,16,17,18). The van der Waals surface area contributed by atoms with Crippen molar-refractivity contribution in [2.45, 2.75) is 26.8 Å². The molecule has 0 atom stereocenters. The lowest BCUT2D eigenvalue weighted by Crippen LogP contribution is -2.27. The number of hydrogen-bond acceptors (Lipinski definition) is 4. The van der Waals surface area contributed by atoms with E-state index >= 15 is 0 Å². The summed E-state index contributed by atoms with van der Waals surface area (Å²) in [4.78, 5) is 11.8. The molecule has 2 rings (SSSR count). The van der Waals surface area contributed by atoms with Crippen molar-refractivity contribution in [1.82, 2.24) is 25.6 Å². The summed E-state index contributed by atoms with van der Waals surface area (Å²) in [5.41, 5.74) is 3.07. The number of aromatic amines is 1. The van der Waals surface area contributed by atoms with E-state index in [0.29, 0.717) is 0 Å². The molecule has 2 aromatic rings. The van der Waals surface area contributed by atoms with Gasteiger partial charge in [-0.05, 0) is 31.5 Å². The van der Waals surface area contributed by atoms with Gasteiger partial charge in [0.2, 0.25) is 0 Å². The Kier molecular flexibility index (Phi) is 4.66. The van der Waals surface area contributed by atoms with Gasteiger partial charge in [0.15, 0.2) is 5.65 Å². The number of nitrogens with zero attached hydrogens (tertiary/aromatic N) is 2. The van der Waals surface area contributed by atoms with Crippen LogP contribution in [0.4, 0.5) is 0 Å². The molecule has 0 amide bonds. The molecule has 2 heterocycles. The van der Waals surface area contributed by atoms with Crippen LogP contribution in [-0.4, -0.2) is 34.6 Å². The van der Waals surface area contributed by atoms with Crippen molar-refractivity contribution in [1.29, 1.82) is 0 Å². The van der Waals surface area contributed by atoms with Crippen LogP contribution in [0.5, 0.6) is 0 Å². The van der Waals surface area contributed by atoms with Gasteiger partial charge in [0.25, 0.3) is 0 Å². The minimum absolute atomic E-state index is 0.802. The third-order valence-corrected chi connectivity index (χ3v) is 2.82. The summed E-state index contributed by atoms with van der Waals surface area (Å²) in [5.74, 6) is 0.912. The van der Waals surface area contributed by atoms with Crippen molar-refractivity contribution >= 4 is 11.2 Å². The van der Waals surface area contributed by atoms with Gasteiger partial charge in [-0.3, -0.25) is 0 Å². The maximum Gasteiger partial charge on any atom is 0.177 e. The Hall–Kier alpha value is -1.46. The van der Waals surface area contributed by atoms with E-state index in [0.717, 1.165) is 43.2 Å². The second kappa shape index (κ2) is 6.47. The van der Waals surface area contributed by atoms with E-state index in [1.807, 2.05) is 19.2 Å². The molecule has 0 bridgehead atoms. The first-order chi connectivity index (χ1) is 8.81. The molecular weight excluding hydrogens is 226 g/mol. The van der Waals surface area contributed by atoms with Crippen molar-refractivity contribution in [2.75, 3.05) is 19.6 Å². The maximum atomic E-state index is 4.34. The molecule has 5 nitrogen and oxygen atoms in total. The largest absolute Gasteiger partial charge is 0.341 e. The van der Waals surface area contributed by atoms with E-state index < -0.39 is 0 Å². The lowest BCUT2D eigenvalue weighted by atomic mass is 10.2. The first kappa shape index (κ1) is 13.0. The van der Waals surface area contributed by atoms with Crippen molar-refractivity contribution in [3.8, 4) is 0 Å². The molecule has 0 aliphatic heterocycles. The normalized spacial score (nSPS) is 11.2. The van der Waals surface area contributed by atoms with E-state index in [1.165, 1.54) is 12.0 Å². The molecule has 0 aliphatic rings. The van der Waals surface area contributed by atoms with Crippen LogP contribution >= 0.6 is 0 Å². The monoisotopic (exact) mass is 247 g/mol. The maximum absolute atomic E-state index is 4.34. The quantitative estimate of drug-likeness (QED) is 0.646. The lowest BCUT2D eigenvalue weighted by Gasteiger charge is -2.06. The van der Waals surface area contributed by atoms with Gasteiger partial charge in [0.1, 0.15) is 5.82 Å². The van der Waals surface area contributed by atoms with Crippen molar-refractivity contribution in [3.63, 3.8) is 0 Å². The van der Waals surface area contributed by atoms with Crippen molar-refractivity contribution in [2.24, 2.45) is 0 Å². The highest BCUT2D eigenvalue weighted by Gasteiger charge is 2.05. The van der Waals surface area contributed by atoms with Crippen LogP contribution in [0.2, 0.25) is 0 Å². The number of H-pyrrole nitrogens is 1. The number of fused-ring (bicyclic) bond motifs is 1. The summed E-state index contributed by atoms with van der Waals surface area (Å²) in [6.45, 7) is 8.03. The average Bonchev–Trinajstić information content (AvgIpc) is 2.74. The summed E-state index contributed by atoms with van der Waals surface area (Å²) >= 11 is 0. The van der Waals surface area contributed by atoms with Gasteiger partial charge in [0, 0.05) is 25.8 Å². The number of nitrogens with one attached hydrogen (secondary N) is 3. The zero-order valence-corrected chi connectivity index (χ0v) is 11.1. The van der Waals surface area contributed by atoms with Crippen LogP contribution in [0.3, 0.4) is 0 Å². The molecular formula is C13H21N5. The fraction of sp³-hybridized carbons (Fsp3) is 0.538. The van der Waals surface area contributed by atoms with E-state index in [4.69, 9.17) is 0 Å². The molecule has 0 unspecified atom stereocenters. The first-order valence-corrected chi connectivity index (χ1v) is 6.53. The molecule has 5 heteroatoms. The number of aromatic nitrogens is 3. The van der Waals surface area contributed by atoms with Gasteiger partial charge in [-0.25, -0.2) is 9.97 Å². The number of hydrogen-bond donors (Lipinski definition) is 3. The lowest BCUT2D eigenvalue weighted by molar-refractivity contribution is 0.607. The predicted molar refractivity (Wildman–Crippen MR) is 73.5 cm³/mol. The highest BCUT2D eigenvalue weighted by molar-refractivity contribution is 5.74. The van der Waals surface area contributed by atoms with Gasteiger partial charge in [-0.1, -0.05) is 6.92 Å². The summed E-state index contributed by atoms with van der Waals surface area (Å²) in [5, 5.41) is 6.79. The molecule has 18 heavy (non-hydrogen) atoms. The van der Waals surface area contributed by atoms with Crippen LogP contribution in [0, 0.1) is 6.92 Å². The van der Waals surface area contributed by atoms with Crippen LogP contribution in [0.25, 0.3) is 11.2 Å². The Bertz CT molecular complexity index is 491. The topological polar surface area (TPSA) is 65.6 Å². The summed E-state index contributed by atoms with van der Waals surface area (Å²) in [6.07, 6.45) is 2.99. The number of rotatable bonds is 7. The SMILES string of the molecule is CCCNCCNCc1ccnc2nc(C)[nH]c12. The van der Waals surface area contributed by atoms with Gasteiger partial charge in [-0.15, -0.1) is 0 Å². The Morgan fingerprint density at radius 2 is 2.06 bits per heavy atom. The third kappa shape index (κ3) is 3.27. The number of aryl methyl sites for hydroxylation is 1. The minimum atomic E-state index is 0.802. The second-order valence-corrected chi connectivity index (χ2v) is 4.42. The molecule has 98 valence electrons. The minimum Gasteiger partial charge on any atom is -0.341 e. The van der Waals surface area contributed by atoms with Crippen LogP contribution in [-0.2, 0) is 6.54 Å². The van der Waals surface area contributed by atoms with E-state index in [-0.39, 0.29) is 0 Å². The fourth-order valence-electron chi connectivity index (χ4n) is 1.93. The van der Waals surface area contributed by atoms with Gasteiger partial charge in [-0.2, -0.15) is 0 Å². The van der Waals surface area contributed by atoms with Crippen molar-refractivity contribution < 1.29 is 0 Å². The molecule has 0 saturated carbocycles. The zero-order valence-electron chi connectivity index (χ0n) is 11.1. The average molecular weight is 247 g/mol. The van der Waals surface area contributed by atoms with Crippen LogP contribution < -0.4 is 10.6 Å². The smallest absolute Gasteiger partial charge is 0.177 e. The van der Waals surface area contributed by atoms with Crippen molar-refractivity contribution in [3.05, 3.63) is 23.7 Å². The predicted octanol–water partition coefficient (Wildman–Crippen LogP) is 1.36. The number of pyridine rings is 1. The first-order valence-electron chi connectivity index (χ1n) is 6.53. The Labute approximate surface area is 107 Å². The van der Waals surface area contributed by atoms with E-state index in [2.05, 4.69) is 32.5 Å². The Morgan fingerprint density at radius 1 is 1.22 bits per heavy atom. The van der Waals surface area contributed by atoms with Gasteiger partial charge >= 0.3 is 0 Å². The van der Waals surface area contributed by atoms with E-state index in [1.54, 1.807) is 0 Å². The summed E-state index contributed by atoms with van der Waals surface area (Å²) in [6, 6.07) is 2.03.